The summed E-state index contributed by atoms with van der Waals surface area (Å²) in [6.07, 6.45) is -5.83. The number of alkyl halides is 1. The lowest BCUT2D eigenvalue weighted by Crippen LogP contribution is -2.59. The average Bonchev–Trinajstić information content (AvgIpc) is 2.86. The smallest absolute Gasteiger partial charge is 0.189 e. The van der Waals surface area contributed by atoms with Crippen LogP contribution in [-0.2, 0) is 38.8 Å². The van der Waals surface area contributed by atoms with Gasteiger partial charge in [0.2, 0.25) is 0 Å². The third-order valence-electron chi connectivity index (χ3n) is 5.55. The van der Waals surface area contributed by atoms with E-state index in [0.29, 0.717) is 6.61 Å². The number of ether oxygens (including phenoxy) is 4. The largest absolute Gasteiger partial charge is 0.374 e. The lowest BCUT2D eigenvalue weighted by atomic mass is 9.99. The van der Waals surface area contributed by atoms with Crippen LogP contribution in [0.3, 0.4) is 0 Å². The molecule has 5 nitrogen and oxygen atoms in total. The lowest BCUT2D eigenvalue weighted by molar-refractivity contribution is -0.293. The van der Waals surface area contributed by atoms with Crippen molar-refractivity contribution in [1.29, 1.82) is 0 Å². The Morgan fingerprint density at radius 3 is 1.64 bits per heavy atom. The Morgan fingerprint density at radius 2 is 1.12 bits per heavy atom. The monoisotopic (exact) mass is 452 g/mol. The van der Waals surface area contributed by atoms with E-state index in [9.17, 15) is 5.11 Å². The summed E-state index contributed by atoms with van der Waals surface area (Å²) in [5.74, 6) is 0. The number of benzene rings is 3. The minimum atomic E-state index is -1.75. The molecule has 1 aliphatic rings. The summed E-state index contributed by atoms with van der Waals surface area (Å²) in [4.78, 5) is 0. The maximum Gasteiger partial charge on any atom is 0.189 e. The second-order valence-corrected chi connectivity index (χ2v) is 8.03. The number of hydrogen-bond donors (Lipinski definition) is 1. The molecule has 3 aromatic carbocycles. The van der Waals surface area contributed by atoms with Crippen LogP contribution >= 0.6 is 0 Å². The topological polar surface area (TPSA) is 57.2 Å². The Kier molecular flexibility index (Phi) is 8.58. The van der Waals surface area contributed by atoms with Crippen LogP contribution in [0.5, 0.6) is 0 Å². The molecule has 3 aromatic rings. The Bertz CT molecular complexity index is 941. The molecule has 1 heterocycles. The van der Waals surface area contributed by atoms with E-state index in [-0.39, 0.29) is 19.8 Å². The van der Waals surface area contributed by atoms with Gasteiger partial charge in [0.15, 0.2) is 12.5 Å². The summed E-state index contributed by atoms with van der Waals surface area (Å²) in [6.45, 7) is 0.958. The van der Waals surface area contributed by atoms with Gasteiger partial charge in [-0.3, -0.25) is 0 Å². The van der Waals surface area contributed by atoms with Crippen molar-refractivity contribution in [2.24, 2.45) is 0 Å². The van der Waals surface area contributed by atoms with Gasteiger partial charge in [0, 0.05) is 0 Å². The molecule has 33 heavy (non-hydrogen) atoms. The molecule has 1 saturated heterocycles. The zero-order valence-electron chi connectivity index (χ0n) is 18.3. The van der Waals surface area contributed by atoms with Gasteiger partial charge in [-0.25, -0.2) is 4.39 Å². The van der Waals surface area contributed by atoms with E-state index in [1.54, 1.807) is 0 Å². The highest BCUT2D eigenvalue weighted by Gasteiger charge is 2.47. The van der Waals surface area contributed by atoms with Gasteiger partial charge in [-0.1, -0.05) is 91.0 Å². The molecule has 6 heteroatoms. The SMILES string of the molecule is OC1O[C@H](COCc2ccccc2)[C@@H](OCc2ccccc2)[C@H](OCc2ccccc2)C1F. The Balaban J connectivity index is 1.46. The molecule has 0 radical (unpaired) electrons. The van der Waals surface area contributed by atoms with Crippen LogP contribution in [0.4, 0.5) is 4.39 Å². The molecule has 0 saturated carbocycles. The van der Waals surface area contributed by atoms with Gasteiger partial charge in [0.25, 0.3) is 0 Å². The van der Waals surface area contributed by atoms with E-state index in [1.165, 1.54) is 0 Å². The zero-order chi connectivity index (χ0) is 22.9. The molecule has 0 aliphatic carbocycles. The lowest BCUT2D eigenvalue weighted by Gasteiger charge is -2.41. The summed E-state index contributed by atoms with van der Waals surface area (Å²) in [5, 5.41) is 10.2. The fraction of sp³-hybridized carbons (Fsp3) is 0.333. The first kappa shape index (κ1) is 23.5. The Morgan fingerprint density at radius 1 is 0.667 bits per heavy atom. The molecule has 1 aliphatic heterocycles. The highest BCUT2D eigenvalue weighted by molar-refractivity contribution is 5.15. The predicted molar refractivity (Wildman–Crippen MR) is 122 cm³/mol. The van der Waals surface area contributed by atoms with Crippen LogP contribution in [-0.4, -0.2) is 42.5 Å². The van der Waals surface area contributed by atoms with E-state index in [2.05, 4.69) is 0 Å². The summed E-state index contributed by atoms with van der Waals surface area (Å²) in [7, 11) is 0. The Hall–Kier alpha value is -2.61. The van der Waals surface area contributed by atoms with Gasteiger partial charge in [0.05, 0.1) is 26.4 Å². The van der Waals surface area contributed by atoms with Crippen molar-refractivity contribution >= 4 is 0 Å². The third kappa shape index (κ3) is 6.69. The van der Waals surface area contributed by atoms with E-state index in [1.807, 2.05) is 91.0 Å². The number of hydrogen-bond acceptors (Lipinski definition) is 5. The second kappa shape index (κ2) is 12.0. The quantitative estimate of drug-likeness (QED) is 0.493. The summed E-state index contributed by atoms with van der Waals surface area (Å²) >= 11 is 0. The number of aliphatic hydroxyl groups is 1. The van der Waals surface area contributed by atoms with Crippen molar-refractivity contribution in [2.45, 2.75) is 50.6 Å². The maximum atomic E-state index is 15.1. The average molecular weight is 453 g/mol. The standard InChI is InChI=1S/C27H29FO5/c28-24-26(32-18-22-14-8-3-9-15-22)25(31-17-21-12-6-2-7-13-21)23(33-27(24)29)19-30-16-20-10-4-1-5-11-20/h1-15,23-27,29H,16-19H2/t23-,24?,25-,26-,27?/m1/s1. The van der Waals surface area contributed by atoms with Gasteiger partial charge >= 0.3 is 0 Å². The molecule has 0 spiro atoms. The highest BCUT2D eigenvalue weighted by Crippen LogP contribution is 2.29. The van der Waals surface area contributed by atoms with Crippen LogP contribution in [0.15, 0.2) is 91.0 Å². The minimum absolute atomic E-state index is 0.128. The van der Waals surface area contributed by atoms with Crippen LogP contribution in [0.2, 0.25) is 0 Å². The molecular weight excluding hydrogens is 423 g/mol. The van der Waals surface area contributed by atoms with Crippen LogP contribution in [0, 0.1) is 0 Å². The molecule has 0 aromatic heterocycles. The summed E-state index contributed by atoms with van der Waals surface area (Å²) < 4.78 is 38.5. The fourth-order valence-electron chi connectivity index (χ4n) is 3.81. The van der Waals surface area contributed by atoms with E-state index >= 15 is 4.39 Å². The van der Waals surface area contributed by atoms with Gasteiger partial charge < -0.3 is 24.1 Å². The molecule has 5 atom stereocenters. The summed E-state index contributed by atoms with van der Waals surface area (Å²) in [6, 6.07) is 28.9. The van der Waals surface area contributed by atoms with Crippen LogP contribution < -0.4 is 0 Å². The van der Waals surface area contributed by atoms with Crippen molar-refractivity contribution in [3.05, 3.63) is 108 Å². The molecular formula is C27H29FO5. The van der Waals surface area contributed by atoms with Gasteiger partial charge in [-0.05, 0) is 16.7 Å². The molecule has 0 amide bonds. The first-order valence-corrected chi connectivity index (χ1v) is 11.1. The zero-order valence-corrected chi connectivity index (χ0v) is 18.3. The van der Waals surface area contributed by atoms with Crippen LogP contribution in [0.1, 0.15) is 16.7 Å². The first-order valence-electron chi connectivity index (χ1n) is 11.1. The van der Waals surface area contributed by atoms with Crippen molar-refractivity contribution in [2.75, 3.05) is 6.61 Å². The van der Waals surface area contributed by atoms with Crippen molar-refractivity contribution in [3.8, 4) is 0 Å². The Labute approximate surface area is 193 Å². The predicted octanol–water partition coefficient (Wildman–Crippen LogP) is 4.43. The molecule has 1 N–H and O–H groups in total. The fourth-order valence-corrected chi connectivity index (χ4v) is 3.81. The van der Waals surface area contributed by atoms with Crippen LogP contribution in [0.25, 0.3) is 0 Å². The molecule has 4 rings (SSSR count). The normalized spacial score (nSPS) is 25.1. The first-order chi connectivity index (χ1) is 16.2. The van der Waals surface area contributed by atoms with E-state index < -0.39 is 30.8 Å². The van der Waals surface area contributed by atoms with E-state index in [0.717, 1.165) is 16.7 Å². The highest BCUT2D eigenvalue weighted by atomic mass is 19.1. The maximum absolute atomic E-state index is 15.1. The number of rotatable bonds is 10. The van der Waals surface area contributed by atoms with Crippen molar-refractivity contribution in [1.82, 2.24) is 0 Å². The second-order valence-electron chi connectivity index (χ2n) is 8.03. The molecule has 2 unspecified atom stereocenters. The minimum Gasteiger partial charge on any atom is -0.374 e. The van der Waals surface area contributed by atoms with Crippen molar-refractivity contribution < 1.29 is 28.4 Å². The summed E-state index contributed by atoms with van der Waals surface area (Å²) in [5.41, 5.74) is 2.87. The van der Waals surface area contributed by atoms with E-state index in [4.69, 9.17) is 18.9 Å². The van der Waals surface area contributed by atoms with Crippen molar-refractivity contribution in [3.63, 3.8) is 0 Å². The third-order valence-corrected chi connectivity index (χ3v) is 5.55. The van der Waals surface area contributed by atoms with Gasteiger partial charge in [-0.2, -0.15) is 0 Å². The number of aliphatic hydroxyl groups excluding tert-OH is 1. The molecule has 1 fully saturated rings. The molecule has 0 bridgehead atoms. The number of halogens is 1. The molecule has 174 valence electrons. The van der Waals surface area contributed by atoms with Gasteiger partial charge in [-0.15, -0.1) is 0 Å². The van der Waals surface area contributed by atoms with Gasteiger partial charge in [0.1, 0.15) is 18.3 Å².